The van der Waals surface area contributed by atoms with Gasteiger partial charge in [-0.2, -0.15) is 5.26 Å². The van der Waals surface area contributed by atoms with Crippen molar-refractivity contribution in [3.8, 4) is 6.07 Å². The van der Waals surface area contributed by atoms with Crippen LogP contribution in [-0.4, -0.2) is 23.7 Å². The summed E-state index contributed by atoms with van der Waals surface area (Å²) in [4.78, 5) is 21.1. The van der Waals surface area contributed by atoms with Crippen LogP contribution in [0.4, 0.5) is 0 Å². The fourth-order valence-corrected chi connectivity index (χ4v) is 0.791. The first kappa shape index (κ1) is 13.2. The number of carbonyl (C=O) groups excluding carboxylic acids is 1. The molecule has 0 radical (unpaired) electrons. The van der Waals surface area contributed by atoms with Crippen molar-refractivity contribution in [2.75, 3.05) is 6.61 Å². The summed E-state index contributed by atoms with van der Waals surface area (Å²) >= 11 is 0. The lowest BCUT2D eigenvalue weighted by molar-refractivity contribution is -0.142. The number of allylic oxidation sites excluding steroid dienone is 1. The van der Waals surface area contributed by atoms with Crippen LogP contribution in [-0.2, 0) is 14.3 Å². The number of esters is 1. The highest BCUT2D eigenvalue weighted by molar-refractivity contribution is 5.85. The first-order valence-electron chi connectivity index (χ1n) is 4.50. The molecule has 0 saturated carbocycles. The molecule has 0 aliphatic carbocycles. The molecule has 0 fully saturated rings. The maximum absolute atomic E-state index is 10.7. The Labute approximate surface area is 88.0 Å². The van der Waals surface area contributed by atoms with E-state index in [2.05, 4.69) is 4.74 Å². The predicted octanol–water partition coefficient (Wildman–Crippen LogP) is 1.25. The van der Waals surface area contributed by atoms with E-state index >= 15 is 0 Å². The fourth-order valence-electron chi connectivity index (χ4n) is 0.791. The highest BCUT2D eigenvalue weighted by Crippen LogP contribution is 1.99. The molecule has 5 nitrogen and oxygen atoms in total. The van der Waals surface area contributed by atoms with E-state index in [1.807, 2.05) is 0 Å². The molecule has 0 atom stereocenters. The SMILES string of the molecule is CC(=CCCCOC(=O)CC#N)C(=O)O. The molecule has 0 aromatic carbocycles. The molecule has 15 heavy (non-hydrogen) atoms. The molecule has 0 aliphatic rings. The molecule has 0 aromatic rings. The van der Waals surface area contributed by atoms with Crippen molar-refractivity contribution in [3.63, 3.8) is 0 Å². The molecule has 0 spiro atoms. The van der Waals surface area contributed by atoms with Gasteiger partial charge in [0.15, 0.2) is 0 Å². The lowest BCUT2D eigenvalue weighted by Crippen LogP contribution is -2.04. The smallest absolute Gasteiger partial charge is 0.330 e. The van der Waals surface area contributed by atoms with Gasteiger partial charge in [-0.3, -0.25) is 4.79 Å². The van der Waals surface area contributed by atoms with E-state index in [1.165, 1.54) is 6.92 Å². The van der Waals surface area contributed by atoms with E-state index in [0.717, 1.165) is 0 Å². The summed E-state index contributed by atoms with van der Waals surface area (Å²) < 4.78 is 4.69. The van der Waals surface area contributed by atoms with Crippen LogP contribution >= 0.6 is 0 Å². The van der Waals surface area contributed by atoms with E-state index in [1.54, 1.807) is 12.1 Å². The van der Waals surface area contributed by atoms with Gasteiger partial charge in [-0.05, 0) is 19.8 Å². The molecule has 1 N–H and O–H groups in total. The van der Waals surface area contributed by atoms with Crippen molar-refractivity contribution < 1.29 is 19.4 Å². The predicted molar refractivity (Wildman–Crippen MR) is 51.8 cm³/mol. The Hall–Kier alpha value is -1.83. The highest BCUT2D eigenvalue weighted by Gasteiger charge is 2.01. The second-order valence-electron chi connectivity index (χ2n) is 2.89. The van der Waals surface area contributed by atoms with Gasteiger partial charge < -0.3 is 9.84 Å². The molecule has 0 aromatic heterocycles. The number of carbonyl (C=O) groups is 2. The number of unbranched alkanes of at least 4 members (excludes halogenated alkanes) is 1. The van der Waals surface area contributed by atoms with Gasteiger partial charge in [-0.25, -0.2) is 4.79 Å². The van der Waals surface area contributed by atoms with Crippen molar-refractivity contribution in [3.05, 3.63) is 11.6 Å². The Morgan fingerprint density at radius 3 is 2.73 bits per heavy atom. The largest absolute Gasteiger partial charge is 0.478 e. The van der Waals surface area contributed by atoms with E-state index in [4.69, 9.17) is 10.4 Å². The maximum atomic E-state index is 10.7. The zero-order valence-corrected chi connectivity index (χ0v) is 8.52. The van der Waals surface area contributed by atoms with Crippen LogP contribution in [0.25, 0.3) is 0 Å². The highest BCUT2D eigenvalue weighted by atomic mass is 16.5. The van der Waals surface area contributed by atoms with Crippen LogP contribution in [0.5, 0.6) is 0 Å². The van der Waals surface area contributed by atoms with Gasteiger partial charge in [0.1, 0.15) is 6.42 Å². The minimum absolute atomic E-state index is 0.212. The molecule has 0 bridgehead atoms. The summed E-state index contributed by atoms with van der Waals surface area (Å²) in [6.45, 7) is 1.72. The Morgan fingerprint density at radius 1 is 1.53 bits per heavy atom. The van der Waals surface area contributed by atoms with E-state index in [0.29, 0.717) is 12.8 Å². The number of rotatable bonds is 6. The number of carboxylic acids is 1. The van der Waals surface area contributed by atoms with E-state index in [-0.39, 0.29) is 18.6 Å². The van der Waals surface area contributed by atoms with Crippen LogP contribution in [0.2, 0.25) is 0 Å². The normalized spacial score (nSPS) is 10.5. The molecule has 0 amide bonds. The lowest BCUT2D eigenvalue weighted by atomic mass is 10.2. The van der Waals surface area contributed by atoms with E-state index in [9.17, 15) is 9.59 Å². The zero-order chi connectivity index (χ0) is 11.7. The lowest BCUT2D eigenvalue weighted by Gasteiger charge is -2.00. The fraction of sp³-hybridized carbons (Fsp3) is 0.500. The monoisotopic (exact) mass is 211 g/mol. The summed E-state index contributed by atoms with van der Waals surface area (Å²) in [6.07, 6.45) is 2.42. The van der Waals surface area contributed by atoms with Gasteiger partial charge in [0.25, 0.3) is 0 Å². The zero-order valence-electron chi connectivity index (χ0n) is 8.52. The minimum Gasteiger partial charge on any atom is -0.478 e. The second-order valence-corrected chi connectivity index (χ2v) is 2.89. The van der Waals surface area contributed by atoms with Gasteiger partial charge in [0.2, 0.25) is 0 Å². The number of hydrogen-bond acceptors (Lipinski definition) is 4. The third-order valence-electron chi connectivity index (χ3n) is 1.62. The standard InChI is InChI=1S/C10H13NO4/c1-8(10(13)14)4-2-3-7-15-9(12)5-6-11/h4H,2-3,5,7H2,1H3,(H,13,14). The molecular formula is C10H13NO4. The quantitative estimate of drug-likeness (QED) is 0.406. The molecule has 0 rings (SSSR count). The Bertz CT molecular complexity index is 301. The van der Waals surface area contributed by atoms with Crippen LogP contribution in [0.1, 0.15) is 26.2 Å². The van der Waals surface area contributed by atoms with Gasteiger partial charge in [0.05, 0.1) is 12.7 Å². The molecular weight excluding hydrogens is 198 g/mol. The second kappa shape index (κ2) is 7.56. The molecule has 0 saturated heterocycles. The number of hydrogen-bond donors (Lipinski definition) is 1. The Balaban J connectivity index is 3.56. The number of aliphatic carboxylic acids is 1. The summed E-state index contributed by atoms with van der Waals surface area (Å²) in [5, 5.41) is 16.7. The number of nitrogens with zero attached hydrogens (tertiary/aromatic N) is 1. The Kier molecular flexibility index (Phi) is 6.64. The minimum atomic E-state index is -0.948. The number of ether oxygens (including phenoxy) is 1. The average molecular weight is 211 g/mol. The van der Waals surface area contributed by atoms with Crippen LogP contribution in [0, 0.1) is 11.3 Å². The molecule has 5 heteroatoms. The van der Waals surface area contributed by atoms with E-state index < -0.39 is 11.9 Å². The first-order chi connectivity index (χ1) is 7.07. The third kappa shape index (κ3) is 7.26. The molecule has 0 heterocycles. The summed E-state index contributed by atoms with van der Waals surface area (Å²) in [5.74, 6) is -1.49. The number of nitriles is 1. The van der Waals surface area contributed by atoms with Crippen LogP contribution in [0.3, 0.4) is 0 Å². The summed E-state index contributed by atoms with van der Waals surface area (Å²) in [7, 11) is 0. The first-order valence-corrected chi connectivity index (χ1v) is 4.50. The maximum Gasteiger partial charge on any atom is 0.330 e. The summed E-state index contributed by atoms with van der Waals surface area (Å²) in [6, 6.07) is 1.68. The molecule has 0 aliphatic heterocycles. The molecule has 0 unspecified atom stereocenters. The average Bonchev–Trinajstić information content (AvgIpc) is 2.17. The Morgan fingerprint density at radius 2 is 2.20 bits per heavy atom. The van der Waals surface area contributed by atoms with Gasteiger partial charge in [0, 0.05) is 5.57 Å². The van der Waals surface area contributed by atoms with Crippen molar-refractivity contribution in [2.45, 2.75) is 26.2 Å². The number of carboxylic acid groups (broad SMARTS) is 1. The topological polar surface area (TPSA) is 87.4 Å². The van der Waals surface area contributed by atoms with Gasteiger partial charge in [-0.15, -0.1) is 0 Å². The van der Waals surface area contributed by atoms with Crippen LogP contribution in [0.15, 0.2) is 11.6 Å². The van der Waals surface area contributed by atoms with Crippen molar-refractivity contribution in [1.82, 2.24) is 0 Å². The summed E-state index contributed by atoms with van der Waals surface area (Å²) in [5.41, 5.74) is 0.276. The van der Waals surface area contributed by atoms with Crippen molar-refractivity contribution >= 4 is 11.9 Å². The van der Waals surface area contributed by atoms with Gasteiger partial charge in [-0.1, -0.05) is 6.08 Å². The third-order valence-corrected chi connectivity index (χ3v) is 1.62. The van der Waals surface area contributed by atoms with Gasteiger partial charge >= 0.3 is 11.9 Å². The van der Waals surface area contributed by atoms with Crippen LogP contribution < -0.4 is 0 Å². The molecule has 82 valence electrons. The van der Waals surface area contributed by atoms with Crippen molar-refractivity contribution in [1.29, 1.82) is 5.26 Å². The van der Waals surface area contributed by atoms with Crippen molar-refractivity contribution in [2.24, 2.45) is 0 Å².